The minimum atomic E-state index is -4.53. The number of ether oxygens (including phenoxy) is 2. The van der Waals surface area contributed by atoms with Crippen LogP contribution in [0, 0.1) is 0 Å². The van der Waals surface area contributed by atoms with E-state index in [9.17, 15) is 19.4 Å². The van der Waals surface area contributed by atoms with E-state index in [1.54, 1.807) is 0 Å². The van der Waals surface area contributed by atoms with Crippen molar-refractivity contribution in [1.29, 1.82) is 0 Å². The maximum absolute atomic E-state index is 12.6. The molecule has 0 aliphatic heterocycles. The molecule has 0 saturated heterocycles. The highest BCUT2D eigenvalue weighted by atomic mass is 31.2. The van der Waals surface area contributed by atoms with E-state index in [2.05, 4.69) is 98.9 Å². The standard InChI is InChI=1S/C43H73O9P/c1-3-5-7-9-11-13-15-16-17-18-19-20-21-22-23-24-25-27-29-31-33-35-43(46)52-42(40-51-53(47,48)50-38-41(45)37-44)39-49-36-34-32-30-28-26-14-12-10-8-6-4-2/h5,7-8,10-11,13,16-17,19-20,22-23,25,27,41-42,44-45H,3-4,6,9,12,14-15,18,21,24,26,28-40H2,1-2H3,(H,47,48)/b7-5-,10-8-,13-11-,17-16-,20-19-,23-22-,27-25-. The van der Waals surface area contributed by atoms with E-state index in [0.717, 1.165) is 83.5 Å². The Morgan fingerprint density at radius 3 is 1.64 bits per heavy atom. The Hall–Kier alpha value is -2.36. The Morgan fingerprint density at radius 2 is 1.08 bits per heavy atom. The minimum Gasteiger partial charge on any atom is -0.457 e. The molecule has 0 radical (unpaired) electrons. The van der Waals surface area contributed by atoms with Crippen LogP contribution in [0.4, 0.5) is 0 Å². The van der Waals surface area contributed by atoms with E-state index in [-0.39, 0.29) is 13.0 Å². The van der Waals surface area contributed by atoms with Gasteiger partial charge in [-0.3, -0.25) is 13.8 Å². The molecule has 0 bridgehead atoms. The first-order valence-corrected chi connectivity index (χ1v) is 21.6. The van der Waals surface area contributed by atoms with Crippen molar-refractivity contribution in [2.45, 2.75) is 148 Å². The molecule has 0 saturated carbocycles. The molecule has 53 heavy (non-hydrogen) atoms. The molecule has 304 valence electrons. The van der Waals surface area contributed by atoms with Crippen LogP contribution in [0.2, 0.25) is 0 Å². The second kappa shape index (κ2) is 39.3. The fourth-order valence-corrected chi connectivity index (χ4v) is 5.56. The van der Waals surface area contributed by atoms with Crippen LogP contribution in [0.5, 0.6) is 0 Å². The topological polar surface area (TPSA) is 132 Å². The molecule has 0 aliphatic rings. The number of unbranched alkanes of at least 4 members (excludes halogenated alkanes) is 9. The van der Waals surface area contributed by atoms with Crippen LogP contribution in [0.15, 0.2) is 85.1 Å². The van der Waals surface area contributed by atoms with Crippen molar-refractivity contribution in [3.05, 3.63) is 85.1 Å². The third kappa shape index (κ3) is 39.2. The van der Waals surface area contributed by atoms with Gasteiger partial charge in [-0.15, -0.1) is 0 Å². The molecule has 0 rings (SSSR count). The summed E-state index contributed by atoms with van der Waals surface area (Å²) in [6, 6.07) is 0. The lowest BCUT2D eigenvalue weighted by atomic mass is 10.1. The highest BCUT2D eigenvalue weighted by Crippen LogP contribution is 2.43. The van der Waals surface area contributed by atoms with Crippen LogP contribution >= 0.6 is 7.82 Å². The zero-order valence-corrected chi connectivity index (χ0v) is 33.8. The molecule has 0 amide bonds. The van der Waals surface area contributed by atoms with E-state index in [1.165, 1.54) is 25.7 Å². The van der Waals surface area contributed by atoms with Crippen LogP contribution < -0.4 is 0 Å². The summed E-state index contributed by atoms with van der Waals surface area (Å²) in [5, 5.41) is 18.3. The highest BCUT2D eigenvalue weighted by Gasteiger charge is 2.26. The number of aliphatic hydroxyl groups is 2. The van der Waals surface area contributed by atoms with Gasteiger partial charge in [-0.1, -0.05) is 131 Å². The van der Waals surface area contributed by atoms with E-state index in [0.29, 0.717) is 13.0 Å². The zero-order valence-electron chi connectivity index (χ0n) is 32.9. The van der Waals surface area contributed by atoms with E-state index in [1.807, 2.05) is 0 Å². The molecule has 3 N–H and O–H groups in total. The lowest BCUT2D eigenvalue weighted by Gasteiger charge is -2.20. The summed E-state index contributed by atoms with van der Waals surface area (Å²) >= 11 is 0. The Kier molecular flexibility index (Phi) is 37.6. The largest absolute Gasteiger partial charge is 0.472 e. The lowest BCUT2D eigenvalue weighted by Crippen LogP contribution is -2.29. The average molecular weight is 765 g/mol. The number of hydrogen-bond donors (Lipinski definition) is 3. The molecule has 10 heteroatoms. The van der Waals surface area contributed by atoms with Crippen molar-refractivity contribution >= 4 is 13.8 Å². The minimum absolute atomic E-state index is 0.0215. The average Bonchev–Trinajstić information content (AvgIpc) is 3.15. The summed E-state index contributed by atoms with van der Waals surface area (Å²) in [7, 11) is -4.53. The smallest absolute Gasteiger partial charge is 0.457 e. The third-order valence-electron chi connectivity index (χ3n) is 7.80. The summed E-state index contributed by atoms with van der Waals surface area (Å²) in [5.41, 5.74) is 0. The maximum Gasteiger partial charge on any atom is 0.472 e. The summed E-state index contributed by atoms with van der Waals surface area (Å²) < 4.78 is 33.2. The first-order chi connectivity index (χ1) is 25.8. The Labute approximate surface area is 322 Å². The molecule has 0 aromatic rings. The number of phosphoric ester groups is 1. The predicted octanol–water partition coefficient (Wildman–Crippen LogP) is 10.7. The number of allylic oxidation sites excluding steroid dienone is 14. The number of rotatable bonds is 37. The van der Waals surface area contributed by atoms with Crippen molar-refractivity contribution in [2.75, 3.05) is 33.0 Å². The van der Waals surface area contributed by atoms with Crippen LogP contribution in [0.3, 0.4) is 0 Å². The maximum atomic E-state index is 12.6. The number of esters is 1. The quantitative estimate of drug-likeness (QED) is 0.0245. The van der Waals surface area contributed by atoms with Gasteiger partial charge in [0.05, 0.1) is 26.4 Å². The van der Waals surface area contributed by atoms with Gasteiger partial charge in [-0.2, -0.15) is 0 Å². The molecule has 3 atom stereocenters. The van der Waals surface area contributed by atoms with Crippen molar-refractivity contribution in [2.24, 2.45) is 0 Å². The summed E-state index contributed by atoms with van der Waals surface area (Å²) in [6.07, 6.45) is 46.9. The summed E-state index contributed by atoms with van der Waals surface area (Å²) in [5.74, 6) is -0.432. The van der Waals surface area contributed by atoms with E-state index >= 15 is 0 Å². The first kappa shape index (κ1) is 50.6. The van der Waals surface area contributed by atoms with Gasteiger partial charge < -0.3 is 24.6 Å². The fourth-order valence-electron chi connectivity index (χ4n) is 4.77. The zero-order chi connectivity index (χ0) is 38.9. The molecular weight excluding hydrogens is 691 g/mol. The SMILES string of the molecule is CC/C=C\C/C=C\C/C=C\C/C=C\C/C=C\C/C=C\CCCCC(=O)OC(COCCCCCCCC/C=C\CCC)COP(=O)(O)OCC(O)CO. The van der Waals surface area contributed by atoms with Gasteiger partial charge in [0, 0.05) is 13.0 Å². The second-order valence-electron chi connectivity index (χ2n) is 12.9. The molecule has 0 aromatic heterocycles. The van der Waals surface area contributed by atoms with Crippen LogP contribution in [0.1, 0.15) is 136 Å². The second-order valence-corrected chi connectivity index (χ2v) is 14.4. The molecule has 0 fully saturated rings. The summed E-state index contributed by atoms with van der Waals surface area (Å²) in [4.78, 5) is 22.5. The Morgan fingerprint density at radius 1 is 0.604 bits per heavy atom. The van der Waals surface area contributed by atoms with Crippen LogP contribution in [0.25, 0.3) is 0 Å². The van der Waals surface area contributed by atoms with Crippen molar-refractivity contribution in [3.63, 3.8) is 0 Å². The first-order valence-electron chi connectivity index (χ1n) is 20.1. The molecule has 0 heterocycles. The van der Waals surface area contributed by atoms with Crippen molar-refractivity contribution in [3.8, 4) is 0 Å². The van der Waals surface area contributed by atoms with Gasteiger partial charge in [0.1, 0.15) is 12.2 Å². The van der Waals surface area contributed by atoms with Gasteiger partial charge >= 0.3 is 13.8 Å². The van der Waals surface area contributed by atoms with Gasteiger partial charge in [0.15, 0.2) is 0 Å². The lowest BCUT2D eigenvalue weighted by molar-refractivity contribution is -0.154. The third-order valence-corrected chi connectivity index (χ3v) is 8.75. The van der Waals surface area contributed by atoms with Crippen molar-refractivity contribution < 1.29 is 43.0 Å². The van der Waals surface area contributed by atoms with Gasteiger partial charge in [0.2, 0.25) is 0 Å². The highest BCUT2D eigenvalue weighted by molar-refractivity contribution is 7.47. The van der Waals surface area contributed by atoms with Gasteiger partial charge in [-0.25, -0.2) is 4.57 Å². The number of hydrogen-bond acceptors (Lipinski definition) is 8. The molecule has 0 aliphatic carbocycles. The number of phosphoric acid groups is 1. The Balaban J connectivity index is 4.31. The van der Waals surface area contributed by atoms with E-state index in [4.69, 9.17) is 23.6 Å². The Bertz CT molecular complexity index is 1090. The number of carbonyl (C=O) groups is 1. The molecule has 9 nitrogen and oxygen atoms in total. The van der Waals surface area contributed by atoms with E-state index < -0.39 is 45.8 Å². The van der Waals surface area contributed by atoms with Crippen LogP contribution in [-0.4, -0.2) is 66.3 Å². The van der Waals surface area contributed by atoms with Crippen molar-refractivity contribution in [1.82, 2.24) is 0 Å². The van der Waals surface area contributed by atoms with Gasteiger partial charge in [-0.05, 0) is 83.5 Å². The molecule has 0 aromatic carbocycles. The molecule has 0 spiro atoms. The normalized spacial score (nSPS) is 15.0. The number of carbonyl (C=O) groups excluding carboxylic acids is 1. The van der Waals surface area contributed by atoms with Crippen LogP contribution in [-0.2, 0) is 27.9 Å². The predicted molar refractivity (Wildman–Crippen MR) is 219 cm³/mol. The van der Waals surface area contributed by atoms with Gasteiger partial charge in [0.25, 0.3) is 0 Å². The molecule has 3 unspecified atom stereocenters. The monoisotopic (exact) mass is 764 g/mol. The molecular formula is C43H73O9P. The number of aliphatic hydroxyl groups excluding tert-OH is 2. The fraction of sp³-hybridized carbons (Fsp3) is 0.651. The summed E-state index contributed by atoms with van der Waals surface area (Å²) in [6.45, 7) is 3.24.